The fourth-order valence-electron chi connectivity index (χ4n) is 4.52. The lowest BCUT2D eigenvalue weighted by Gasteiger charge is -2.28. The van der Waals surface area contributed by atoms with Gasteiger partial charge in [0, 0.05) is 11.3 Å². The summed E-state index contributed by atoms with van der Waals surface area (Å²) < 4.78 is 24.0. The number of hydrazone groups is 1. The van der Waals surface area contributed by atoms with Gasteiger partial charge in [-0.1, -0.05) is 24.3 Å². The van der Waals surface area contributed by atoms with Crippen molar-refractivity contribution in [2.75, 3.05) is 20.3 Å². The maximum Gasteiger partial charge on any atom is 0.337 e. The van der Waals surface area contributed by atoms with Gasteiger partial charge in [0.1, 0.15) is 19.0 Å². The number of amides is 2. The predicted molar refractivity (Wildman–Crippen MR) is 181 cm³/mol. The van der Waals surface area contributed by atoms with Gasteiger partial charge >= 0.3 is 12.0 Å². The number of rotatable bonds is 13. The number of urea groups is 1. The minimum absolute atomic E-state index is 0.161. The van der Waals surface area contributed by atoms with Gasteiger partial charge in [-0.25, -0.2) is 9.59 Å². The topological polar surface area (TPSA) is 164 Å². The fraction of sp³-hybridized carbons (Fsp3) is 0.250. The van der Waals surface area contributed by atoms with E-state index in [9.17, 15) is 20.0 Å². The zero-order valence-corrected chi connectivity index (χ0v) is 28.8. The van der Waals surface area contributed by atoms with Gasteiger partial charge in [0.05, 0.1) is 51.2 Å². The number of nitriles is 1. The molecule has 0 aliphatic carbocycles. The standard InChI is InChI=1S/C32H31BrIN5O7/c1-4-44-26-13-20(29-28(31(41)43-3)18(2)37-32(42)38-29)9-10-25(26)45-17-27(40)39-36-15-19-11-23(33)30(24(34)12-19)46-16-22-8-6-5-7-21(22)14-35/h5-13,15,27,29,39-40H,4,16-17H2,1-3H3,(H2,37,38,42)/b36-15-/t27-,29-/m1/s1. The number of ether oxygens (including phenoxy) is 4. The number of carbonyl (C=O) groups is 2. The summed E-state index contributed by atoms with van der Waals surface area (Å²) in [7, 11) is 1.27. The van der Waals surface area contributed by atoms with Gasteiger partial charge in [-0.3, -0.25) is 5.43 Å². The maximum atomic E-state index is 12.5. The Balaban J connectivity index is 1.37. The second kappa shape index (κ2) is 16.3. The maximum absolute atomic E-state index is 12.5. The molecule has 46 heavy (non-hydrogen) atoms. The van der Waals surface area contributed by atoms with Crippen LogP contribution in [0.1, 0.15) is 42.1 Å². The van der Waals surface area contributed by atoms with E-state index in [0.29, 0.717) is 45.2 Å². The van der Waals surface area contributed by atoms with Crippen molar-refractivity contribution in [2.24, 2.45) is 5.10 Å². The normalized spacial score (nSPS) is 15.0. The molecular formula is C32H31BrIN5O7. The van der Waals surface area contributed by atoms with Crippen molar-refractivity contribution in [3.05, 3.63) is 96.2 Å². The molecule has 0 fully saturated rings. The second-order valence-electron chi connectivity index (χ2n) is 9.79. The van der Waals surface area contributed by atoms with Gasteiger partial charge in [-0.15, -0.1) is 0 Å². The highest BCUT2D eigenvalue weighted by molar-refractivity contribution is 14.1. The molecular weight excluding hydrogens is 773 g/mol. The number of methoxy groups -OCH3 is 1. The summed E-state index contributed by atoms with van der Waals surface area (Å²) in [5, 5.41) is 29.2. The van der Waals surface area contributed by atoms with E-state index < -0.39 is 24.3 Å². The number of halogens is 2. The van der Waals surface area contributed by atoms with Gasteiger partial charge in [0.2, 0.25) is 0 Å². The number of nitrogens with zero attached hydrogens (tertiary/aromatic N) is 2. The molecule has 4 rings (SSSR count). The molecule has 3 aromatic rings. The molecule has 240 valence electrons. The first-order chi connectivity index (χ1) is 22.1. The summed E-state index contributed by atoms with van der Waals surface area (Å²) in [5.41, 5.74) is 5.96. The monoisotopic (exact) mass is 803 g/mol. The van der Waals surface area contributed by atoms with Crippen LogP contribution in [0.2, 0.25) is 0 Å². The molecule has 2 amide bonds. The van der Waals surface area contributed by atoms with Gasteiger partial charge in [-0.05, 0) is 93.8 Å². The fourth-order valence-corrected chi connectivity index (χ4v) is 6.29. The van der Waals surface area contributed by atoms with E-state index >= 15 is 0 Å². The first-order valence-corrected chi connectivity index (χ1v) is 15.8. The molecule has 0 radical (unpaired) electrons. The Morgan fingerprint density at radius 1 is 1.20 bits per heavy atom. The third-order valence-corrected chi connectivity index (χ3v) is 8.03. The largest absolute Gasteiger partial charge is 0.490 e. The van der Waals surface area contributed by atoms with Crippen molar-refractivity contribution in [1.29, 1.82) is 5.26 Å². The van der Waals surface area contributed by atoms with Gasteiger partial charge < -0.3 is 34.7 Å². The summed E-state index contributed by atoms with van der Waals surface area (Å²) >= 11 is 5.70. The number of nitrogens with one attached hydrogen (secondary N) is 3. The highest BCUT2D eigenvalue weighted by Crippen LogP contribution is 2.35. The molecule has 3 aromatic carbocycles. The Bertz CT molecular complexity index is 1690. The Morgan fingerprint density at radius 3 is 2.70 bits per heavy atom. The molecule has 14 heteroatoms. The zero-order valence-electron chi connectivity index (χ0n) is 25.1. The molecule has 1 heterocycles. The van der Waals surface area contributed by atoms with E-state index in [1.165, 1.54) is 7.11 Å². The first kappa shape index (κ1) is 34.5. The van der Waals surface area contributed by atoms with Crippen LogP contribution in [-0.2, 0) is 16.1 Å². The van der Waals surface area contributed by atoms with Crippen LogP contribution < -0.4 is 30.3 Å². The van der Waals surface area contributed by atoms with Crippen LogP contribution >= 0.6 is 38.5 Å². The molecule has 0 saturated carbocycles. The SMILES string of the molecule is CCOc1cc([C@H]2NC(=O)NC(C)=C2C(=O)OC)ccc1OC[C@@H](O)N/N=C\c1cc(Br)c(OCc2ccccc2C#N)c(I)c1. The molecule has 0 aromatic heterocycles. The van der Waals surface area contributed by atoms with Crippen LogP contribution in [0.15, 0.2) is 75.4 Å². The number of aliphatic hydroxyl groups is 1. The molecule has 0 unspecified atom stereocenters. The zero-order chi connectivity index (χ0) is 33.2. The van der Waals surface area contributed by atoms with E-state index in [2.05, 4.69) is 65.8 Å². The Kier molecular flexibility index (Phi) is 12.2. The van der Waals surface area contributed by atoms with Crippen molar-refractivity contribution in [3.8, 4) is 23.3 Å². The third-order valence-electron chi connectivity index (χ3n) is 6.64. The van der Waals surface area contributed by atoms with Crippen LogP contribution in [0, 0.1) is 14.9 Å². The number of hydrogen-bond donors (Lipinski definition) is 4. The van der Waals surface area contributed by atoms with E-state index in [1.54, 1.807) is 37.4 Å². The molecule has 0 saturated heterocycles. The average molecular weight is 804 g/mol. The number of aliphatic hydroxyl groups excluding tert-OH is 1. The van der Waals surface area contributed by atoms with Gasteiger partial charge in [0.25, 0.3) is 0 Å². The van der Waals surface area contributed by atoms with Crippen LogP contribution in [0.25, 0.3) is 0 Å². The second-order valence-corrected chi connectivity index (χ2v) is 11.8. The summed E-state index contributed by atoms with van der Waals surface area (Å²) in [5.74, 6) is 0.774. The number of carbonyl (C=O) groups excluding carboxylic acids is 2. The summed E-state index contributed by atoms with van der Waals surface area (Å²) in [6.45, 7) is 3.84. The molecule has 1 aliphatic rings. The molecule has 4 N–H and O–H groups in total. The van der Waals surface area contributed by atoms with E-state index in [-0.39, 0.29) is 18.8 Å². The van der Waals surface area contributed by atoms with E-state index in [1.807, 2.05) is 37.3 Å². The lowest BCUT2D eigenvalue weighted by Crippen LogP contribution is -2.45. The number of hydrogen-bond acceptors (Lipinski definition) is 10. The van der Waals surface area contributed by atoms with Crippen LogP contribution in [0.4, 0.5) is 4.79 Å². The quantitative estimate of drug-likeness (QED) is 0.0611. The van der Waals surface area contributed by atoms with Crippen molar-refractivity contribution >= 4 is 56.7 Å². The first-order valence-electron chi connectivity index (χ1n) is 14.0. The minimum atomic E-state index is -1.16. The Hall–Kier alpha value is -4.33. The highest BCUT2D eigenvalue weighted by atomic mass is 127. The molecule has 1 aliphatic heterocycles. The molecule has 12 nitrogen and oxygen atoms in total. The Morgan fingerprint density at radius 2 is 1.98 bits per heavy atom. The smallest absolute Gasteiger partial charge is 0.337 e. The number of benzene rings is 3. The minimum Gasteiger partial charge on any atom is -0.490 e. The van der Waals surface area contributed by atoms with Crippen LogP contribution in [-0.4, -0.2) is 49.9 Å². The van der Waals surface area contributed by atoms with E-state index in [4.69, 9.17) is 18.9 Å². The van der Waals surface area contributed by atoms with Crippen molar-refractivity contribution < 1.29 is 33.6 Å². The highest BCUT2D eigenvalue weighted by Gasteiger charge is 2.32. The predicted octanol–water partition coefficient (Wildman–Crippen LogP) is 5.02. The number of allylic oxidation sites excluding steroid dienone is 1. The van der Waals surface area contributed by atoms with E-state index in [0.717, 1.165) is 14.7 Å². The van der Waals surface area contributed by atoms with Crippen LogP contribution in [0.3, 0.4) is 0 Å². The third kappa shape index (κ3) is 8.68. The van der Waals surface area contributed by atoms with Crippen LogP contribution in [0.5, 0.6) is 17.2 Å². The lowest BCUT2D eigenvalue weighted by molar-refractivity contribution is -0.136. The Labute approximate surface area is 288 Å². The van der Waals surface area contributed by atoms with Gasteiger partial charge in [-0.2, -0.15) is 10.4 Å². The summed E-state index contributed by atoms with van der Waals surface area (Å²) in [4.78, 5) is 24.6. The molecule has 0 spiro atoms. The summed E-state index contributed by atoms with van der Waals surface area (Å²) in [6, 6.07) is 16.9. The van der Waals surface area contributed by atoms with Crippen molar-refractivity contribution in [2.45, 2.75) is 32.7 Å². The molecule has 0 bridgehead atoms. The molecule has 2 atom stereocenters. The lowest BCUT2D eigenvalue weighted by atomic mass is 9.95. The summed E-state index contributed by atoms with van der Waals surface area (Å²) in [6.07, 6.45) is 0.392. The van der Waals surface area contributed by atoms with Gasteiger partial charge in [0.15, 0.2) is 17.7 Å². The van der Waals surface area contributed by atoms with Crippen molar-refractivity contribution in [1.82, 2.24) is 16.1 Å². The number of esters is 1. The average Bonchev–Trinajstić information content (AvgIpc) is 3.03. The van der Waals surface area contributed by atoms with Crippen molar-refractivity contribution in [3.63, 3.8) is 0 Å².